The van der Waals surface area contributed by atoms with E-state index in [4.69, 9.17) is 21.3 Å². The number of ether oxygens (including phenoxy) is 1. The Morgan fingerprint density at radius 3 is 2.43 bits per heavy atom. The van der Waals surface area contributed by atoms with Gasteiger partial charge in [0.15, 0.2) is 0 Å². The van der Waals surface area contributed by atoms with Crippen LogP contribution in [0.15, 0.2) is 77.9 Å². The monoisotopic (exact) mass is 485 g/mol. The molecule has 0 aliphatic carbocycles. The molecule has 0 saturated carbocycles. The van der Waals surface area contributed by atoms with Gasteiger partial charge in [0, 0.05) is 16.7 Å². The molecule has 0 aliphatic heterocycles. The van der Waals surface area contributed by atoms with Crippen molar-refractivity contribution in [2.45, 2.75) is 33.1 Å². The third-order valence-corrected chi connectivity index (χ3v) is 6.28. The number of carbonyl (C=O) groups is 1. The Labute approximate surface area is 210 Å². The summed E-state index contributed by atoms with van der Waals surface area (Å²) < 4.78 is 5.20. The zero-order valence-electron chi connectivity index (χ0n) is 20.1. The van der Waals surface area contributed by atoms with Crippen molar-refractivity contribution >= 4 is 34.1 Å². The second-order valence-corrected chi connectivity index (χ2v) is 8.78. The number of rotatable bonds is 8. The number of nitrogens with zero attached hydrogens (tertiary/aromatic N) is 2. The van der Waals surface area contributed by atoms with Gasteiger partial charge >= 0.3 is 0 Å². The molecule has 1 aromatic heterocycles. The third-order valence-electron chi connectivity index (χ3n) is 5.98. The fourth-order valence-corrected chi connectivity index (χ4v) is 4.06. The first-order valence-electron chi connectivity index (χ1n) is 11.6. The van der Waals surface area contributed by atoms with E-state index in [0.29, 0.717) is 27.2 Å². The number of hydrogen-bond donors (Lipinski definition) is 1. The van der Waals surface area contributed by atoms with Crippen molar-refractivity contribution in [2.75, 3.05) is 7.11 Å². The van der Waals surface area contributed by atoms with Crippen LogP contribution in [0.3, 0.4) is 0 Å². The zero-order valence-corrected chi connectivity index (χ0v) is 20.9. The van der Waals surface area contributed by atoms with E-state index in [1.165, 1.54) is 11.1 Å². The molecule has 1 heterocycles. The van der Waals surface area contributed by atoms with E-state index >= 15 is 0 Å². The highest BCUT2D eigenvalue weighted by Gasteiger charge is 2.15. The third kappa shape index (κ3) is 5.87. The fraction of sp³-hybridized carbons (Fsp3) is 0.207. The van der Waals surface area contributed by atoms with Crippen LogP contribution in [-0.4, -0.2) is 23.7 Å². The molecule has 5 nitrogen and oxygen atoms in total. The Morgan fingerprint density at radius 2 is 1.74 bits per heavy atom. The minimum absolute atomic E-state index is 0.296. The number of carbonyl (C=O) groups excluding carboxylic acids is 1. The van der Waals surface area contributed by atoms with Crippen LogP contribution in [0.5, 0.6) is 5.75 Å². The molecule has 0 fully saturated rings. The van der Waals surface area contributed by atoms with Crippen LogP contribution in [0.4, 0.5) is 0 Å². The summed E-state index contributed by atoms with van der Waals surface area (Å²) in [5.74, 6) is 0.534. The minimum Gasteiger partial charge on any atom is -0.497 e. The average Bonchev–Trinajstić information content (AvgIpc) is 2.90. The summed E-state index contributed by atoms with van der Waals surface area (Å²) in [6.07, 6.45) is 2.51. The number of nitrogens with one attached hydrogen (secondary N) is 1. The molecular formula is C29H28ClN3O2. The largest absolute Gasteiger partial charge is 0.497 e. The predicted octanol–water partition coefficient (Wildman–Crippen LogP) is 6.86. The molecule has 3 aromatic carbocycles. The number of hydrogen-bond acceptors (Lipinski definition) is 4. The Balaban J connectivity index is 1.56. The van der Waals surface area contributed by atoms with Crippen LogP contribution in [0.1, 0.15) is 41.8 Å². The SMILES string of the molecule is CCc1ccc(-c2cc(C(=O)NN=C(C)CCc3ccc(OC)cc3)c3cccc(Cl)c3n2)cc1. The quantitative estimate of drug-likeness (QED) is 0.219. The highest BCUT2D eigenvalue weighted by Crippen LogP contribution is 2.29. The summed E-state index contributed by atoms with van der Waals surface area (Å²) >= 11 is 6.46. The smallest absolute Gasteiger partial charge is 0.272 e. The summed E-state index contributed by atoms with van der Waals surface area (Å²) in [7, 11) is 1.65. The summed E-state index contributed by atoms with van der Waals surface area (Å²) in [5.41, 5.74) is 8.68. The van der Waals surface area contributed by atoms with Gasteiger partial charge in [-0.1, -0.05) is 67.1 Å². The number of aryl methyl sites for hydroxylation is 2. The number of amides is 1. The first-order valence-corrected chi connectivity index (χ1v) is 12.0. The van der Waals surface area contributed by atoms with E-state index in [1.807, 2.05) is 55.5 Å². The van der Waals surface area contributed by atoms with Gasteiger partial charge in [-0.25, -0.2) is 10.4 Å². The van der Waals surface area contributed by atoms with Crippen LogP contribution >= 0.6 is 11.6 Å². The van der Waals surface area contributed by atoms with E-state index in [2.05, 4.69) is 29.6 Å². The standard InChI is InChI=1S/C29H28ClN3O2/c1-4-20-10-14-22(15-11-20)27-18-25(24-6-5-7-26(30)28(24)31-27)29(34)33-32-19(2)8-9-21-12-16-23(35-3)17-13-21/h5-7,10-18H,4,8-9H2,1-3H3,(H,33,34). The molecule has 1 N–H and O–H groups in total. The number of fused-ring (bicyclic) bond motifs is 1. The highest BCUT2D eigenvalue weighted by atomic mass is 35.5. The van der Waals surface area contributed by atoms with Gasteiger partial charge in [0.2, 0.25) is 0 Å². The van der Waals surface area contributed by atoms with Crippen LogP contribution in [0.25, 0.3) is 22.2 Å². The summed E-state index contributed by atoms with van der Waals surface area (Å²) in [4.78, 5) is 18.0. The molecule has 0 atom stereocenters. The molecule has 4 aromatic rings. The van der Waals surface area contributed by atoms with Gasteiger partial charge in [0.05, 0.1) is 28.9 Å². The Kier molecular flexibility index (Phi) is 7.78. The molecule has 0 spiro atoms. The van der Waals surface area contributed by atoms with E-state index < -0.39 is 0 Å². The first kappa shape index (κ1) is 24.4. The van der Waals surface area contributed by atoms with Crippen molar-refractivity contribution in [3.63, 3.8) is 0 Å². The maximum atomic E-state index is 13.2. The summed E-state index contributed by atoms with van der Waals surface area (Å²) in [5, 5.41) is 5.53. The maximum Gasteiger partial charge on any atom is 0.272 e. The number of halogens is 1. The van der Waals surface area contributed by atoms with E-state index in [1.54, 1.807) is 19.2 Å². The molecule has 1 amide bonds. The fourth-order valence-electron chi connectivity index (χ4n) is 3.84. The minimum atomic E-state index is -0.296. The molecule has 0 bridgehead atoms. The Hall–Kier alpha value is -3.70. The van der Waals surface area contributed by atoms with E-state index in [-0.39, 0.29) is 5.91 Å². The zero-order chi connectivity index (χ0) is 24.8. The van der Waals surface area contributed by atoms with Gasteiger partial charge < -0.3 is 4.74 Å². The average molecular weight is 486 g/mol. The molecule has 6 heteroatoms. The number of aromatic nitrogens is 1. The van der Waals surface area contributed by atoms with Gasteiger partial charge in [-0.3, -0.25) is 4.79 Å². The molecule has 0 unspecified atom stereocenters. The van der Waals surface area contributed by atoms with Crippen LogP contribution in [0, 0.1) is 0 Å². The van der Waals surface area contributed by atoms with Crippen molar-refractivity contribution in [3.8, 4) is 17.0 Å². The summed E-state index contributed by atoms with van der Waals surface area (Å²) in [6, 6.07) is 23.4. The lowest BCUT2D eigenvalue weighted by molar-refractivity contribution is 0.0956. The van der Waals surface area contributed by atoms with E-state index in [0.717, 1.165) is 36.3 Å². The number of methoxy groups -OCH3 is 1. The van der Waals surface area contributed by atoms with Crippen molar-refractivity contribution in [2.24, 2.45) is 5.10 Å². The maximum absolute atomic E-state index is 13.2. The molecule has 0 aliphatic rings. The van der Waals surface area contributed by atoms with E-state index in [9.17, 15) is 4.79 Å². The molecule has 0 radical (unpaired) electrons. The van der Waals surface area contributed by atoms with Crippen molar-refractivity contribution in [3.05, 3.63) is 94.5 Å². The lowest BCUT2D eigenvalue weighted by Gasteiger charge is -2.11. The van der Waals surface area contributed by atoms with Crippen molar-refractivity contribution in [1.82, 2.24) is 10.4 Å². The first-order chi connectivity index (χ1) is 17.0. The molecule has 178 valence electrons. The Morgan fingerprint density at radius 1 is 1.03 bits per heavy atom. The molecule has 4 rings (SSSR count). The van der Waals surface area contributed by atoms with Crippen molar-refractivity contribution < 1.29 is 9.53 Å². The molecule has 35 heavy (non-hydrogen) atoms. The normalized spacial score (nSPS) is 11.5. The number of pyridine rings is 1. The Bertz CT molecular complexity index is 1360. The number of benzene rings is 3. The summed E-state index contributed by atoms with van der Waals surface area (Å²) in [6.45, 7) is 4.02. The van der Waals surface area contributed by atoms with Gasteiger partial charge in [0.25, 0.3) is 5.91 Å². The highest BCUT2D eigenvalue weighted by molar-refractivity contribution is 6.35. The van der Waals surface area contributed by atoms with Gasteiger partial charge in [-0.05, 0) is 61.6 Å². The lowest BCUT2D eigenvalue weighted by Crippen LogP contribution is -2.20. The number of para-hydroxylation sites is 1. The van der Waals surface area contributed by atoms with Crippen LogP contribution in [-0.2, 0) is 12.8 Å². The van der Waals surface area contributed by atoms with Crippen molar-refractivity contribution in [1.29, 1.82) is 0 Å². The van der Waals surface area contributed by atoms with Gasteiger partial charge in [-0.2, -0.15) is 5.10 Å². The second-order valence-electron chi connectivity index (χ2n) is 8.38. The second kappa shape index (κ2) is 11.2. The molecular weight excluding hydrogens is 458 g/mol. The molecule has 0 saturated heterocycles. The van der Waals surface area contributed by atoms with Gasteiger partial charge in [-0.15, -0.1) is 0 Å². The number of hydrazone groups is 1. The lowest BCUT2D eigenvalue weighted by atomic mass is 10.0. The van der Waals surface area contributed by atoms with Gasteiger partial charge in [0.1, 0.15) is 5.75 Å². The van der Waals surface area contributed by atoms with Crippen LogP contribution < -0.4 is 10.2 Å². The topological polar surface area (TPSA) is 63.6 Å². The van der Waals surface area contributed by atoms with Crippen LogP contribution in [0.2, 0.25) is 5.02 Å². The predicted molar refractivity (Wildman–Crippen MR) is 143 cm³/mol.